The van der Waals surface area contributed by atoms with Gasteiger partial charge in [-0.05, 0) is 38.0 Å². The standard InChI is InChI=1S/C13H21ClN2O3S2/c1-9-10(20-11(14)16-9)21(18,19)15-8-13(17)6-4-12(2,3)5-7-13/h15,17H,4-8H2,1-3H3. The summed E-state index contributed by atoms with van der Waals surface area (Å²) in [6.45, 7) is 5.97. The maximum Gasteiger partial charge on any atom is 0.252 e. The van der Waals surface area contributed by atoms with Gasteiger partial charge in [-0.1, -0.05) is 36.8 Å². The minimum Gasteiger partial charge on any atom is -0.389 e. The Morgan fingerprint density at radius 2 is 1.90 bits per heavy atom. The molecular formula is C13H21ClN2O3S2. The first-order chi connectivity index (χ1) is 9.53. The van der Waals surface area contributed by atoms with Crippen molar-refractivity contribution in [1.82, 2.24) is 9.71 Å². The molecule has 2 rings (SSSR count). The second-order valence-electron chi connectivity index (χ2n) is 6.55. The summed E-state index contributed by atoms with van der Waals surface area (Å²) < 4.78 is 27.4. The summed E-state index contributed by atoms with van der Waals surface area (Å²) in [7, 11) is -3.67. The number of hydrogen-bond acceptors (Lipinski definition) is 5. The van der Waals surface area contributed by atoms with Gasteiger partial charge in [0, 0.05) is 6.54 Å². The number of nitrogens with zero attached hydrogens (tertiary/aromatic N) is 1. The van der Waals surface area contributed by atoms with Gasteiger partial charge in [0.1, 0.15) is 0 Å². The predicted octanol–water partition coefficient (Wildman–Crippen LogP) is 2.71. The molecule has 0 unspecified atom stereocenters. The molecule has 1 aliphatic rings. The largest absolute Gasteiger partial charge is 0.389 e. The first kappa shape index (κ1) is 17.1. The monoisotopic (exact) mass is 352 g/mol. The van der Waals surface area contributed by atoms with Crippen LogP contribution in [0.1, 0.15) is 45.2 Å². The molecule has 1 heterocycles. The Hall–Kier alpha value is -0.210. The first-order valence-electron chi connectivity index (χ1n) is 6.88. The highest BCUT2D eigenvalue weighted by Crippen LogP contribution is 2.40. The highest BCUT2D eigenvalue weighted by molar-refractivity contribution is 7.91. The summed E-state index contributed by atoms with van der Waals surface area (Å²) in [5, 5.41) is 10.5. The van der Waals surface area contributed by atoms with E-state index in [0.29, 0.717) is 18.5 Å². The molecule has 0 atom stereocenters. The number of aliphatic hydroxyl groups is 1. The Kier molecular flexibility index (Phi) is 4.71. The number of thiazole rings is 1. The minimum atomic E-state index is -3.67. The molecule has 0 amide bonds. The molecule has 0 spiro atoms. The molecular weight excluding hydrogens is 332 g/mol. The van der Waals surface area contributed by atoms with Crippen LogP contribution in [0, 0.1) is 12.3 Å². The summed E-state index contributed by atoms with van der Waals surface area (Å²) in [5.74, 6) is 0. The highest BCUT2D eigenvalue weighted by atomic mass is 35.5. The molecule has 1 aromatic rings. The molecule has 1 aliphatic carbocycles. The molecule has 0 radical (unpaired) electrons. The van der Waals surface area contributed by atoms with Crippen molar-refractivity contribution < 1.29 is 13.5 Å². The third-order valence-corrected chi connectivity index (χ3v) is 7.37. The van der Waals surface area contributed by atoms with Gasteiger partial charge in [-0.2, -0.15) is 0 Å². The summed E-state index contributed by atoms with van der Waals surface area (Å²) in [6, 6.07) is 0. The summed E-state index contributed by atoms with van der Waals surface area (Å²) in [4.78, 5) is 3.91. The van der Waals surface area contributed by atoms with Crippen molar-refractivity contribution in [2.45, 2.75) is 56.3 Å². The maximum absolute atomic E-state index is 12.3. The van der Waals surface area contributed by atoms with E-state index in [0.717, 1.165) is 24.2 Å². The SMILES string of the molecule is Cc1nc(Cl)sc1S(=O)(=O)NCC1(O)CCC(C)(C)CC1. The van der Waals surface area contributed by atoms with E-state index in [4.69, 9.17) is 11.6 Å². The van der Waals surface area contributed by atoms with Gasteiger partial charge < -0.3 is 5.11 Å². The van der Waals surface area contributed by atoms with Gasteiger partial charge >= 0.3 is 0 Å². The lowest BCUT2D eigenvalue weighted by Gasteiger charge is -2.40. The van der Waals surface area contributed by atoms with Crippen molar-refractivity contribution >= 4 is 33.0 Å². The van der Waals surface area contributed by atoms with Crippen LogP contribution in [0.2, 0.25) is 4.47 Å². The molecule has 2 N–H and O–H groups in total. The third-order valence-electron chi connectivity index (χ3n) is 4.10. The van der Waals surface area contributed by atoms with Crippen LogP contribution in [0.25, 0.3) is 0 Å². The molecule has 0 saturated heterocycles. The van der Waals surface area contributed by atoms with Gasteiger partial charge in [0.15, 0.2) is 8.68 Å². The van der Waals surface area contributed by atoms with Crippen LogP contribution >= 0.6 is 22.9 Å². The Labute approximate surface area is 134 Å². The normalized spacial score (nSPS) is 21.4. The highest BCUT2D eigenvalue weighted by Gasteiger charge is 2.37. The maximum atomic E-state index is 12.3. The Bertz CT molecular complexity index is 615. The fourth-order valence-corrected chi connectivity index (χ4v) is 5.36. The van der Waals surface area contributed by atoms with E-state index < -0.39 is 15.6 Å². The van der Waals surface area contributed by atoms with Crippen molar-refractivity contribution in [3.63, 3.8) is 0 Å². The van der Waals surface area contributed by atoms with Gasteiger partial charge in [-0.25, -0.2) is 18.1 Å². The van der Waals surface area contributed by atoms with E-state index in [2.05, 4.69) is 23.6 Å². The van der Waals surface area contributed by atoms with Crippen molar-refractivity contribution in [3.05, 3.63) is 10.2 Å². The second-order valence-corrected chi connectivity index (χ2v) is 10.1. The van der Waals surface area contributed by atoms with Crippen LogP contribution in [0.4, 0.5) is 0 Å². The zero-order valence-electron chi connectivity index (χ0n) is 12.4. The Morgan fingerprint density at radius 1 is 1.33 bits per heavy atom. The molecule has 120 valence electrons. The zero-order chi connectivity index (χ0) is 15.9. The molecule has 5 nitrogen and oxygen atoms in total. The lowest BCUT2D eigenvalue weighted by Crippen LogP contribution is -2.46. The number of halogens is 1. The van der Waals surface area contributed by atoms with Crippen molar-refractivity contribution in [1.29, 1.82) is 0 Å². The topological polar surface area (TPSA) is 79.3 Å². The number of sulfonamides is 1. The van der Waals surface area contributed by atoms with Gasteiger partial charge in [-0.15, -0.1) is 0 Å². The molecule has 21 heavy (non-hydrogen) atoms. The second kappa shape index (κ2) is 5.77. The Morgan fingerprint density at radius 3 is 2.38 bits per heavy atom. The van der Waals surface area contributed by atoms with Gasteiger partial charge in [0.05, 0.1) is 11.3 Å². The van der Waals surface area contributed by atoms with Crippen LogP contribution < -0.4 is 4.72 Å². The minimum absolute atomic E-state index is 0.0281. The van der Waals surface area contributed by atoms with Crippen LogP contribution in [0.3, 0.4) is 0 Å². The van der Waals surface area contributed by atoms with E-state index in [9.17, 15) is 13.5 Å². The molecule has 0 bridgehead atoms. The fourth-order valence-electron chi connectivity index (χ4n) is 2.46. The summed E-state index contributed by atoms with van der Waals surface area (Å²) in [6.07, 6.45) is 2.98. The average molecular weight is 353 g/mol. The van der Waals surface area contributed by atoms with E-state index in [-0.39, 0.29) is 20.6 Å². The predicted molar refractivity (Wildman–Crippen MR) is 84.2 cm³/mol. The smallest absolute Gasteiger partial charge is 0.252 e. The first-order valence-corrected chi connectivity index (χ1v) is 9.56. The zero-order valence-corrected chi connectivity index (χ0v) is 14.8. The molecule has 1 aromatic heterocycles. The molecule has 0 aliphatic heterocycles. The number of nitrogens with one attached hydrogen (secondary N) is 1. The Balaban J connectivity index is 2.04. The fraction of sp³-hybridized carbons (Fsp3) is 0.769. The van der Waals surface area contributed by atoms with E-state index in [1.165, 1.54) is 0 Å². The lowest BCUT2D eigenvalue weighted by atomic mass is 9.71. The van der Waals surface area contributed by atoms with Crippen LogP contribution in [-0.2, 0) is 10.0 Å². The van der Waals surface area contributed by atoms with E-state index in [1.807, 2.05) is 0 Å². The number of rotatable bonds is 4. The van der Waals surface area contributed by atoms with Crippen LogP contribution in [-0.4, -0.2) is 30.7 Å². The van der Waals surface area contributed by atoms with Gasteiger partial charge in [0.25, 0.3) is 10.0 Å². The van der Waals surface area contributed by atoms with Gasteiger partial charge in [-0.3, -0.25) is 0 Å². The molecule has 0 aromatic carbocycles. The molecule has 1 saturated carbocycles. The molecule has 8 heteroatoms. The van der Waals surface area contributed by atoms with Crippen molar-refractivity contribution in [2.24, 2.45) is 5.41 Å². The van der Waals surface area contributed by atoms with Crippen LogP contribution in [0.15, 0.2) is 4.21 Å². The van der Waals surface area contributed by atoms with Crippen molar-refractivity contribution in [2.75, 3.05) is 6.54 Å². The number of aryl methyl sites for hydroxylation is 1. The van der Waals surface area contributed by atoms with E-state index >= 15 is 0 Å². The van der Waals surface area contributed by atoms with Gasteiger partial charge in [0.2, 0.25) is 0 Å². The number of aromatic nitrogens is 1. The summed E-state index contributed by atoms with van der Waals surface area (Å²) >= 11 is 6.67. The third kappa shape index (κ3) is 4.16. The average Bonchev–Trinajstić information content (AvgIpc) is 2.72. The van der Waals surface area contributed by atoms with Crippen LogP contribution in [0.5, 0.6) is 0 Å². The number of hydrogen-bond donors (Lipinski definition) is 2. The van der Waals surface area contributed by atoms with E-state index in [1.54, 1.807) is 6.92 Å². The molecule has 1 fully saturated rings. The summed E-state index contributed by atoms with van der Waals surface area (Å²) in [5.41, 5.74) is -0.369. The lowest BCUT2D eigenvalue weighted by molar-refractivity contribution is -0.0205. The van der Waals surface area contributed by atoms with Crippen molar-refractivity contribution in [3.8, 4) is 0 Å². The quantitative estimate of drug-likeness (QED) is 0.873.